The Labute approximate surface area is 145 Å². The summed E-state index contributed by atoms with van der Waals surface area (Å²) in [6, 6.07) is 5.03. The average Bonchev–Trinajstić information content (AvgIpc) is 2.58. The molecule has 3 rings (SSSR count). The highest BCUT2D eigenvalue weighted by Crippen LogP contribution is 2.22. The number of rotatable bonds is 4. The van der Waals surface area contributed by atoms with Crippen molar-refractivity contribution in [1.82, 2.24) is 19.8 Å². The van der Waals surface area contributed by atoms with Crippen molar-refractivity contribution in [2.75, 3.05) is 18.8 Å². The highest BCUT2D eigenvalue weighted by Gasteiger charge is 2.36. The zero-order valence-corrected chi connectivity index (χ0v) is 14.1. The van der Waals surface area contributed by atoms with Crippen molar-refractivity contribution in [2.24, 2.45) is 0 Å². The third-order valence-corrected chi connectivity index (χ3v) is 4.50. The monoisotopic (exact) mass is 343 g/mol. The van der Waals surface area contributed by atoms with Gasteiger partial charge in [-0.05, 0) is 24.1 Å². The first-order valence-electron chi connectivity index (χ1n) is 8.28. The van der Waals surface area contributed by atoms with Gasteiger partial charge in [0.2, 0.25) is 5.91 Å². The smallest absolute Gasteiger partial charge is 0.408 e. The van der Waals surface area contributed by atoms with Crippen molar-refractivity contribution in [1.29, 1.82) is 0 Å². The molecule has 2 amide bonds. The van der Waals surface area contributed by atoms with E-state index < -0.39 is 12.1 Å². The van der Waals surface area contributed by atoms with Gasteiger partial charge < -0.3 is 15.7 Å². The van der Waals surface area contributed by atoms with Gasteiger partial charge in [0.25, 0.3) is 0 Å². The van der Waals surface area contributed by atoms with E-state index in [9.17, 15) is 14.7 Å². The molecule has 1 fully saturated rings. The fourth-order valence-electron chi connectivity index (χ4n) is 3.22. The number of amides is 2. The van der Waals surface area contributed by atoms with Crippen LogP contribution in [0.1, 0.15) is 25.3 Å². The normalized spacial score (nSPS) is 18.0. The van der Waals surface area contributed by atoms with E-state index in [1.807, 2.05) is 25.1 Å². The molecule has 8 heteroatoms. The van der Waals surface area contributed by atoms with Crippen molar-refractivity contribution in [3.05, 3.63) is 30.1 Å². The van der Waals surface area contributed by atoms with Gasteiger partial charge in [-0.25, -0.2) is 14.8 Å². The number of anilines is 1. The molecule has 1 aliphatic rings. The van der Waals surface area contributed by atoms with E-state index in [1.54, 1.807) is 4.90 Å². The maximum Gasteiger partial charge on any atom is 0.408 e. The number of hydrogen-bond acceptors (Lipinski definition) is 5. The summed E-state index contributed by atoms with van der Waals surface area (Å²) in [7, 11) is 0. The molecule has 1 aliphatic heterocycles. The molecule has 0 radical (unpaired) electrons. The van der Waals surface area contributed by atoms with Crippen molar-refractivity contribution in [3.63, 3.8) is 0 Å². The third kappa shape index (κ3) is 3.33. The standard InChI is InChI=1S/C17H21N5O3/c1-2-3-14-16(23)21(6-7-22(14)17(24)25)9-11-4-5-12-13(8-11)19-10-20-15(12)18/h4-5,8,10,14H,2-3,6-7,9H2,1H3,(H,24,25)(H2,18,19,20)/t14-/m0/s1. The molecule has 1 aromatic carbocycles. The summed E-state index contributed by atoms with van der Waals surface area (Å²) in [5, 5.41) is 10.1. The first-order valence-corrected chi connectivity index (χ1v) is 8.28. The fourth-order valence-corrected chi connectivity index (χ4v) is 3.22. The van der Waals surface area contributed by atoms with Crippen molar-refractivity contribution < 1.29 is 14.7 Å². The number of benzene rings is 1. The Balaban J connectivity index is 1.80. The summed E-state index contributed by atoms with van der Waals surface area (Å²) >= 11 is 0. The quantitative estimate of drug-likeness (QED) is 0.874. The zero-order valence-electron chi connectivity index (χ0n) is 14.1. The molecule has 0 unspecified atom stereocenters. The van der Waals surface area contributed by atoms with Gasteiger partial charge in [-0.3, -0.25) is 9.69 Å². The maximum atomic E-state index is 12.7. The Hall–Kier alpha value is -2.90. The molecule has 0 saturated carbocycles. The van der Waals surface area contributed by atoms with Gasteiger partial charge in [0, 0.05) is 25.0 Å². The molecule has 1 aromatic heterocycles. The second-order valence-electron chi connectivity index (χ2n) is 6.15. The summed E-state index contributed by atoms with van der Waals surface area (Å²) in [6.07, 6.45) is 1.66. The van der Waals surface area contributed by atoms with Gasteiger partial charge in [-0.15, -0.1) is 0 Å². The summed E-state index contributed by atoms with van der Waals surface area (Å²) in [5.74, 6) is 0.281. The lowest BCUT2D eigenvalue weighted by atomic mass is 10.0. The molecule has 3 N–H and O–H groups in total. The number of nitrogens with zero attached hydrogens (tertiary/aromatic N) is 4. The number of fused-ring (bicyclic) bond motifs is 1. The Morgan fingerprint density at radius 2 is 2.16 bits per heavy atom. The van der Waals surface area contributed by atoms with E-state index in [0.29, 0.717) is 31.9 Å². The zero-order chi connectivity index (χ0) is 18.0. The van der Waals surface area contributed by atoms with E-state index in [4.69, 9.17) is 5.73 Å². The van der Waals surface area contributed by atoms with Crippen LogP contribution in [0, 0.1) is 0 Å². The predicted octanol–water partition coefficient (Wildman–Crippen LogP) is 1.70. The summed E-state index contributed by atoms with van der Waals surface area (Å²) in [4.78, 5) is 35.2. The van der Waals surface area contributed by atoms with Gasteiger partial charge in [0.15, 0.2) is 0 Å². The molecule has 25 heavy (non-hydrogen) atoms. The lowest BCUT2D eigenvalue weighted by molar-refractivity contribution is -0.141. The number of carbonyl (C=O) groups is 2. The lowest BCUT2D eigenvalue weighted by Crippen LogP contribution is -2.58. The van der Waals surface area contributed by atoms with Crippen LogP contribution in [0.4, 0.5) is 10.6 Å². The first-order chi connectivity index (χ1) is 12.0. The highest BCUT2D eigenvalue weighted by atomic mass is 16.4. The molecule has 1 saturated heterocycles. The number of carbonyl (C=O) groups excluding carboxylic acids is 1. The number of piperazine rings is 1. The fraction of sp³-hybridized carbons (Fsp3) is 0.412. The van der Waals surface area contributed by atoms with Crippen LogP contribution in [0.2, 0.25) is 0 Å². The minimum Gasteiger partial charge on any atom is -0.465 e. The number of nitrogen functional groups attached to an aromatic ring is 1. The Morgan fingerprint density at radius 3 is 2.88 bits per heavy atom. The van der Waals surface area contributed by atoms with Gasteiger partial charge >= 0.3 is 6.09 Å². The minimum absolute atomic E-state index is 0.141. The molecular weight excluding hydrogens is 322 g/mol. The number of nitrogens with two attached hydrogens (primary N) is 1. The van der Waals surface area contributed by atoms with E-state index in [2.05, 4.69) is 9.97 Å². The molecule has 8 nitrogen and oxygen atoms in total. The van der Waals surface area contributed by atoms with Crippen LogP contribution >= 0.6 is 0 Å². The Bertz CT molecular complexity index is 810. The summed E-state index contributed by atoms with van der Waals surface area (Å²) in [6.45, 7) is 3.08. The van der Waals surface area contributed by atoms with E-state index in [1.165, 1.54) is 11.2 Å². The van der Waals surface area contributed by atoms with Gasteiger partial charge in [0.1, 0.15) is 18.2 Å². The van der Waals surface area contributed by atoms with E-state index in [-0.39, 0.29) is 5.91 Å². The van der Waals surface area contributed by atoms with Crippen molar-refractivity contribution in [3.8, 4) is 0 Å². The Kier molecular flexibility index (Phi) is 4.69. The van der Waals surface area contributed by atoms with Crippen LogP contribution in [-0.2, 0) is 11.3 Å². The first kappa shape index (κ1) is 16.9. The van der Waals surface area contributed by atoms with Crippen molar-refractivity contribution in [2.45, 2.75) is 32.4 Å². The average molecular weight is 343 g/mol. The molecule has 2 heterocycles. The van der Waals surface area contributed by atoms with Crippen molar-refractivity contribution >= 4 is 28.7 Å². The van der Waals surface area contributed by atoms with Crippen LogP contribution in [0.3, 0.4) is 0 Å². The predicted molar refractivity (Wildman–Crippen MR) is 92.8 cm³/mol. The second-order valence-corrected chi connectivity index (χ2v) is 6.15. The lowest BCUT2D eigenvalue weighted by Gasteiger charge is -2.39. The van der Waals surface area contributed by atoms with Crippen LogP contribution in [0.15, 0.2) is 24.5 Å². The van der Waals surface area contributed by atoms with Gasteiger partial charge in [0.05, 0.1) is 5.52 Å². The van der Waals surface area contributed by atoms with Crippen LogP contribution in [0.5, 0.6) is 0 Å². The minimum atomic E-state index is -1.04. The summed E-state index contributed by atoms with van der Waals surface area (Å²) < 4.78 is 0. The second kappa shape index (κ2) is 6.92. The summed E-state index contributed by atoms with van der Waals surface area (Å²) in [5.41, 5.74) is 7.49. The Morgan fingerprint density at radius 1 is 1.36 bits per heavy atom. The van der Waals surface area contributed by atoms with Gasteiger partial charge in [-0.1, -0.05) is 19.4 Å². The number of carboxylic acid groups (broad SMARTS) is 1. The molecule has 1 atom stereocenters. The van der Waals surface area contributed by atoms with Gasteiger partial charge in [-0.2, -0.15) is 0 Å². The molecule has 132 valence electrons. The van der Waals surface area contributed by atoms with E-state index >= 15 is 0 Å². The molecule has 0 spiro atoms. The topological polar surface area (TPSA) is 113 Å². The molecular formula is C17H21N5O3. The maximum absolute atomic E-state index is 12.7. The van der Waals surface area contributed by atoms with E-state index in [0.717, 1.165) is 22.9 Å². The van der Waals surface area contributed by atoms with Crippen LogP contribution < -0.4 is 5.73 Å². The highest BCUT2D eigenvalue weighted by molar-refractivity contribution is 5.89. The number of aromatic nitrogens is 2. The largest absolute Gasteiger partial charge is 0.465 e. The third-order valence-electron chi connectivity index (χ3n) is 4.50. The number of hydrogen-bond donors (Lipinski definition) is 2. The molecule has 0 aliphatic carbocycles. The molecule has 0 bridgehead atoms. The van der Waals surface area contributed by atoms with Crippen LogP contribution in [-0.4, -0.2) is 56.0 Å². The SMILES string of the molecule is CCC[C@H]1C(=O)N(Cc2ccc3c(N)ncnc3c2)CCN1C(=O)O. The molecule has 2 aromatic rings. The van der Waals surface area contributed by atoms with Crippen LogP contribution in [0.25, 0.3) is 10.9 Å².